The average molecular weight is 348 g/mol. The number of rotatable bonds is 8. The van der Waals surface area contributed by atoms with Gasteiger partial charge in [-0.1, -0.05) is 18.2 Å². The molecule has 7 nitrogen and oxygen atoms in total. The fraction of sp³-hybridized carbons (Fsp3) is 0.556. The summed E-state index contributed by atoms with van der Waals surface area (Å²) in [6, 6.07) is 8.03. The van der Waals surface area contributed by atoms with E-state index in [2.05, 4.69) is 20.9 Å². The van der Waals surface area contributed by atoms with Crippen LogP contribution in [0.3, 0.4) is 0 Å². The number of hydrogen-bond donors (Lipinski definition) is 3. The summed E-state index contributed by atoms with van der Waals surface area (Å²) in [5, 5.41) is 9.44. The summed E-state index contributed by atoms with van der Waals surface area (Å²) >= 11 is 0. The predicted octanol–water partition coefficient (Wildman–Crippen LogP) is 1.05. The van der Waals surface area contributed by atoms with Crippen molar-refractivity contribution in [3.8, 4) is 5.75 Å². The highest BCUT2D eigenvalue weighted by Gasteiger charge is 2.18. The molecule has 0 spiro atoms. The first-order valence-electron chi connectivity index (χ1n) is 8.74. The first-order valence-corrected chi connectivity index (χ1v) is 8.74. The van der Waals surface area contributed by atoms with Crippen LogP contribution in [0.5, 0.6) is 5.75 Å². The van der Waals surface area contributed by atoms with E-state index in [-0.39, 0.29) is 11.9 Å². The minimum atomic E-state index is 0.115. The zero-order chi connectivity index (χ0) is 17.9. The summed E-state index contributed by atoms with van der Waals surface area (Å²) in [6.45, 7) is 5.02. The third-order valence-corrected chi connectivity index (χ3v) is 3.91. The molecule has 7 heteroatoms. The molecule has 1 saturated heterocycles. The molecule has 25 heavy (non-hydrogen) atoms. The molecule has 3 N–H and O–H groups in total. The smallest absolute Gasteiger partial charge is 0.220 e. The van der Waals surface area contributed by atoms with Crippen molar-refractivity contribution in [1.29, 1.82) is 0 Å². The first kappa shape index (κ1) is 19.1. The molecule has 0 aromatic heterocycles. The monoisotopic (exact) mass is 348 g/mol. The minimum Gasteiger partial charge on any atom is -0.496 e. The Morgan fingerprint density at radius 1 is 1.40 bits per heavy atom. The molecule has 0 radical (unpaired) electrons. The van der Waals surface area contributed by atoms with E-state index in [1.54, 1.807) is 7.11 Å². The average Bonchev–Trinajstić information content (AvgIpc) is 2.63. The lowest BCUT2D eigenvalue weighted by Gasteiger charge is -2.25. The number of benzene rings is 1. The number of carbonyl (C=O) groups is 1. The fourth-order valence-corrected chi connectivity index (χ4v) is 2.60. The van der Waals surface area contributed by atoms with E-state index in [1.807, 2.05) is 31.2 Å². The molecular formula is C18H28N4O3. The van der Waals surface area contributed by atoms with Gasteiger partial charge in [-0.25, -0.2) is 0 Å². The molecule has 0 aliphatic carbocycles. The SMILES string of the molecule is CCNC(=NCCOCc1ccccc1OC)NC1CCC(=O)NC1. The van der Waals surface area contributed by atoms with Crippen molar-refractivity contribution in [1.82, 2.24) is 16.0 Å². The highest BCUT2D eigenvalue weighted by atomic mass is 16.5. The number of aliphatic imine (C=N–C) groups is 1. The Bertz CT molecular complexity index is 567. The topological polar surface area (TPSA) is 84.0 Å². The summed E-state index contributed by atoms with van der Waals surface area (Å²) < 4.78 is 11.0. The maximum Gasteiger partial charge on any atom is 0.220 e. The summed E-state index contributed by atoms with van der Waals surface area (Å²) in [7, 11) is 1.66. The van der Waals surface area contributed by atoms with Crippen LogP contribution in [0.2, 0.25) is 0 Å². The van der Waals surface area contributed by atoms with Gasteiger partial charge in [0.05, 0.1) is 26.9 Å². The normalized spacial score (nSPS) is 17.8. The van der Waals surface area contributed by atoms with E-state index in [1.165, 1.54) is 0 Å². The number of carbonyl (C=O) groups excluding carboxylic acids is 1. The number of hydrogen-bond acceptors (Lipinski definition) is 4. The molecule has 1 atom stereocenters. The van der Waals surface area contributed by atoms with Gasteiger partial charge < -0.3 is 25.4 Å². The molecule has 1 amide bonds. The highest BCUT2D eigenvalue weighted by molar-refractivity contribution is 5.81. The van der Waals surface area contributed by atoms with Crippen molar-refractivity contribution in [3.63, 3.8) is 0 Å². The summed E-state index contributed by atoms with van der Waals surface area (Å²) in [6.07, 6.45) is 1.37. The molecule has 1 aliphatic rings. The summed E-state index contributed by atoms with van der Waals surface area (Å²) in [5.74, 6) is 1.70. The van der Waals surface area contributed by atoms with Gasteiger partial charge in [0.25, 0.3) is 0 Å². The van der Waals surface area contributed by atoms with Crippen LogP contribution in [0, 0.1) is 0 Å². The van der Waals surface area contributed by atoms with Crippen molar-refractivity contribution < 1.29 is 14.3 Å². The lowest BCUT2D eigenvalue weighted by Crippen LogP contribution is -2.51. The van der Waals surface area contributed by atoms with E-state index in [0.29, 0.717) is 32.7 Å². The van der Waals surface area contributed by atoms with Crippen LogP contribution in [-0.4, -0.2) is 51.3 Å². The number of amides is 1. The Balaban J connectivity index is 1.74. The van der Waals surface area contributed by atoms with Gasteiger partial charge in [-0.3, -0.25) is 9.79 Å². The quantitative estimate of drug-likeness (QED) is 0.371. The van der Waals surface area contributed by atoms with Crippen molar-refractivity contribution in [2.45, 2.75) is 32.4 Å². The second kappa shape index (κ2) is 10.6. The van der Waals surface area contributed by atoms with Crippen molar-refractivity contribution in [2.24, 2.45) is 4.99 Å². The van der Waals surface area contributed by atoms with E-state index in [0.717, 1.165) is 30.2 Å². The van der Waals surface area contributed by atoms with Crippen LogP contribution in [0.25, 0.3) is 0 Å². The van der Waals surface area contributed by atoms with E-state index >= 15 is 0 Å². The maximum atomic E-state index is 11.2. The van der Waals surface area contributed by atoms with Gasteiger partial charge in [-0.2, -0.15) is 0 Å². The molecule has 1 aliphatic heterocycles. The van der Waals surface area contributed by atoms with Crippen LogP contribution < -0.4 is 20.7 Å². The lowest BCUT2D eigenvalue weighted by molar-refractivity contribution is -0.122. The minimum absolute atomic E-state index is 0.115. The third kappa shape index (κ3) is 6.62. The Kier molecular flexibility index (Phi) is 8.04. The Morgan fingerprint density at radius 3 is 2.96 bits per heavy atom. The van der Waals surface area contributed by atoms with Crippen LogP contribution in [0.1, 0.15) is 25.3 Å². The number of guanidine groups is 1. The summed E-state index contributed by atoms with van der Waals surface area (Å²) in [5.41, 5.74) is 1.02. The standard InChI is InChI=1S/C18H28N4O3/c1-3-19-18(22-15-8-9-17(23)21-12-15)20-10-11-25-13-14-6-4-5-7-16(14)24-2/h4-7,15H,3,8-13H2,1-2H3,(H,21,23)(H2,19,20,22). The van der Waals surface area contributed by atoms with Gasteiger partial charge in [0.1, 0.15) is 5.75 Å². The first-order chi connectivity index (χ1) is 12.2. The van der Waals surface area contributed by atoms with Gasteiger partial charge in [-0.15, -0.1) is 0 Å². The molecule has 0 bridgehead atoms. The largest absolute Gasteiger partial charge is 0.496 e. The van der Waals surface area contributed by atoms with Crippen LogP contribution in [-0.2, 0) is 16.1 Å². The molecule has 138 valence electrons. The number of para-hydroxylation sites is 1. The van der Waals surface area contributed by atoms with Crippen LogP contribution in [0.15, 0.2) is 29.3 Å². The predicted molar refractivity (Wildman–Crippen MR) is 97.8 cm³/mol. The maximum absolute atomic E-state index is 11.2. The van der Waals surface area contributed by atoms with Crippen LogP contribution in [0.4, 0.5) is 0 Å². The molecule has 1 heterocycles. The van der Waals surface area contributed by atoms with Crippen molar-refractivity contribution >= 4 is 11.9 Å². The number of piperidine rings is 1. The summed E-state index contributed by atoms with van der Waals surface area (Å²) in [4.78, 5) is 15.7. The Labute approximate surface area is 149 Å². The number of nitrogens with one attached hydrogen (secondary N) is 3. The fourth-order valence-electron chi connectivity index (χ4n) is 2.60. The molecule has 2 rings (SSSR count). The second-order valence-electron chi connectivity index (χ2n) is 5.81. The Hall–Kier alpha value is -2.28. The van der Waals surface area contributed by atoms with E-state index < -0.39 is 0 Å². The molecule has 1 aromatic rings. The highest BCUT2D eigenvalue weighted by Crippen LogP contribution is 2.17. The van der Waals surface area contributed by atoms with Gasteiger partial charge >= 0.3 is 0 Å². The van der Waals surface area contributed by atoms with Gasteiger partial charge in [0.15, 0.2) is 5.96 Å². The van der Waals surface area contributed by atoms with Gasteiger partial charge in [0.2, 0.25) is 5.91 Å². The number of ether oxygens (including phenoxy) is 2. The molecular weight excluding hydrogens is 320 g/mol. The third-order valence-electron chi connectivity index (χ3n) is 3.91. The van der Waals surface area contributed by atoms with E-state index in [4.69, 9.17) is 9.47 Å². The van der Waals surface area contributed by atoms with Crippen LogP contribution >= 0.6 is 0 Å². The zero-order valence-corrected chi connectivity index (χ0v) is 15.0. The lowest BCUT2D eigenvalue weighted by atomic mass is 10.1. The van der Waals surface area contributed by atoms with Crippen molar-refractivity contribution in [3.05, 3.63) is 29.8 Å². The molecule has 1 fully saturated rings. The molecule has 1 aromatic carbocycles. The zero-order valence-electron chi connectivity index (χ0n) is 15.0. The van der Waals surface area contributed by atoms with Gasteiger partial charge in [-0.05, 0) is 19.4 Å². The van der Waals surface area contributed by atoms with E-state index in [9.17, 15) is 4.79 Å². The second-order valence-corrected chi connectivity index (χ2v) is 5.81. The molecule has 0 saturated carbocycles. The van der Waals surface area contributed by atoms with Crippen molar-refractivity contribution in [2.75, 3.05) is 33.4 Å². The molecule has 1 unspecified atom stereocenters. The Morgan fingerprint density at radius 2 is 2.24 bits per heavy atom. The number of methoxy groups -OCH3 is 1. The number of nitrogens with zero attached hydrogens (tertiary/aromatic N) is 1. The van der Waals surface area contributed by atoms with Gasteiger partial charge in [0, 0.05) is 31.1 Å².